The molecule has 1 aliphatic heterocycles. The first-order valence-corrected chi connectivity index (χ1v) is 7.77. The van der Waals surface area contributed by atoms with Gasteiger partial charge in [0.25, 0.3) is 0 Å². The molecule has 4 heteroatoms. The van der Waals surface area contributed by atoms with Gasteiger partial charge >= 0.3 is 0 Å². The second-order valence-corrected chi connectivity index (χ2v) is 5.92. The lowest BCUT2D eigenvalue weighted by Crippen LogP contribution is -2.45. The smallest absolute Gasteiger partial charge is 0.159 e. The third kappa shape index (κ3) is 4.05. The number of carbonyl (C=O) groups excluding carboxylic acids is 1. The van der Waals surface area contributed by atoms with E-state index in [0.29, 0.717) is 18.7 Å². The molecule has 0 spiro atoms. The summed E-state index contributed by atoms with van der Waals surface area (Å²) in [7, 11) is 0. The van der Waals surface area contributed by atoms with E-state index in [1.807, 2.05) is 25.1 Å². The largest absolute Gasteiger partial charge is 0.494 e. The molecule has 0 radical (unpaired) electrons. The molecule has 0 aromatic heterocycles. The average molecular weight is 290 g/mol. The van der Waals surface area contributed by atoms with Crippen LogP contribution < -0.4 is 10.5 Å². The van der Waals surface area contributed by atoms with E-state index in [1.165, 1.54) is 0 Å². The van der Waals surface area contributed by atoms with E-state index in [1.54, 1.807) is 6.92 Å². The van der Waals surface area contributed by atoms with E-state index in [2.05, 4.69) is 11.8 Å². The second-order valence-electron chi connectivity index (χ2n) is 5.92. The average Bonchev–Trinajstić information content (AvgIpc) is 2.43. The number of likely N-dealkylation sites (tertiary alicyclic amines) is 1. The SMILES string of the molecule is CCOc1ccc(C(C)=O)cc1CN1CCC(N)CC1C. The minimum Gasteiger partial charge on any atom is -0.494 e. The Hall–Kier alpha value is -1.39. The lowest BCUT2D eigenvalue weighted by molar-refractivity contribution is 0.101. The molecule has 0 saturated carbocycles. The molecule has 2 N–H and O–H groups in total. The number of hydrogen-bond donors (Lipinski definition) is 1. The van der Waals surface area contributed by atoms with E-state index >= 15 is 0 Å². The summed E-state index contributed by atoms with van der Waals surface area (Å²) >= 11 is 0. The van der Waals surface area contributed by atoms with Gasteiger partial charge in [-0.25, -0.2) is 0 Å². The van der Waals surface area contributed by atoms with Crippen molar-refractivity contribution >= 4 is 5.78 Å². The van der Waals surface area contributed by atoms with Crippen molar-refractivity contribution < 1.29 is 9.53 Å². The number of nitrogens with two attached hydrogens (primary N) is 1. The number of nitrogens with zero attached hydrogens (tertiary/aromatic N) is 1. The second kappa shape index (κ2) is 7.05. The van der Waals surface area contributed by atoms with Crippen LogP contribution in [0.2, 0.25) is 0 Å². The van der Waals surface area contributed by atoms with Gasteiger partial charge in [0.2, 0.25) is 0 Å². The summed E-state index contributed by atoms with van der Waals surface area (Å²) < 4.78 is 5.71. The molecule has 1 saturated heterocycles. The molecule has 2 atom stereocenters. The Morgan fingerprint density at radius 3 is 2.86 bits per heavy atom. The normalized spacial score (nSPS) is 23.0. The van der Waals surface area contributed by atoms with Crippen molar-refractivity contribution in [3.8, 4) is 5.75 Å². The Bertz CT molecular complexity index is 502. The lowest BCUT2D eigenvalue weighted by Gasteiger charge is -2.36. The Morgan fingerprint density at radius 1 is 1.48 bits per heavy atom. The van der Waals surface area contributed by atoms with Gasteiger partial charge in [-0.2, -0.15) is 0 Å². The number of rotatable bonds is 5. The first kappa shape index (κ1) is 16.0. The summed E-state index contributed by atoms with van der Waals surface area (Å²) in [6.07, 6.45) is 2.05. The number of Topliss-reactive ketones (excluding diaryl/α,β-unsaturated/α-hetero) is 1. The fraction of sp³-hybridized carbons (Fsp3) is 0.588. The van der Waals surface area contributed by atoms with Gasteiger partial charge in [-0.15, -0.1) is 0 Å². The fourth-order valence-electron chi connectivity index (χ4n) is 2.93. The predicted molar refractivity (Wildman–Crippen MR) is 84.7 cm³/mol. The highest BCUT2D eigenvalue weighted by molar-refractivity contribution is 5.94. The molecule has 0 aliphatic carbocycles. The standard InChI is InChI=1S/C17H26N2O2/c1-4-21-17-6-5-14(13(3)20)10-15(17)11-19-8-7-16(18)9-12(19)2/h5-6,10,12,16H,4,7-9,11,18H2,1-3H3. The first-order chi connectivity index (χ1) is 10.0. The molecule has 0 bridgehead atoms. The molecule has 1 fully saturated rings. The van der Waals surface area contributed by atoms with Gasteiger partial charge in [0.05, 0.1) is 6.61 Å². The Kier molecular flexibility index (Phi) is 5.37. The van der Waals surface area contributed by atoms with E-state index in [0.717, 1.165) is 42.8 Å². The summed E-state index contributed by atoms with van der Waals surface area (Å²) in [5, 5.41) is 0. The van der Waals surface area contributed by atoms with Crippen molar-refractivity contribution in [1.29, 1.82) is 0 Å². The van der Waals surface area contributed by atoms with Crippen LogP contribution in [0.4, 0.5) is 0 Å². The van der Waals surface area contributed by atoms with Crippen molar-refractivity contribution in [3.63, 3.8) is 0 Å². The topological polar surface area (TPSA) is 55.6 Å². The van der Waals surface area contributed by atoms with Crippen LogP contribution in [0.5, 0.6) is 5.75 Å². The first-order valence-electron chi connectivity index (χ1n) is 7.77. The minimum atomic E-state index is 0.0908. The van der Waals surface area contributed by atoms with Gasteiger partial charge in [0, 0.05) is 36.3 Å². The molecule has 1 aromatic rings. The Labute approximate surface area is 127 Å². The number of piperidine rings is 1. The van der Waals surface area contributed by atoms with Gasteiger partial charge < -0.3 is 10.5 Å². The molecule has 4 nitrogen and oxygen atoms in total. The molecule has 1 heterocycles. The molecule has 2 unspecified atom stereocenters. The van der Waals surface area contributed by atoms with Crippen molar-refractivity contribution in [2.45, 2.75) is 52.2 Å². The number of ether oxygens (including phenoxy) is 1. The van der Waals surface area contributed by atoms with Crippen LogP contribution in [-0.2, 0) is 6.54 Å². The summed E-state index contributed by atoms with van der Waals surface area (Å²) in [6.45, 7) is 8.23. The summed E-state index contributed by atoms with van der Waals surface area (Å²) in [4.78, 5) is 14.0. The monoisotopic (exact) mass is 290 g/mol. The Balaban J connectivity index is 2.20. The number of carbonyl (C=O) groups is 1. The van der Waals surface area contributed by atoms with E-state index in [-0.39, 0.29) is 5.78 Å². The highest BCUT2D eigenvalue weighted by atomic mass is 16.5. The van der Waals surface area contributed by atoms with Crippen molar-refractivity contribution in [3.05, 3.63) is 29.3 Å². The molecular weight excluding hydrogens is 264 g/mol. The Morgan fingerprint density at radius 2 is 2.24 bits per heavy atom. The molecule has 1 aliphatic rings. The van der Waals surface area contributed by atoms with Crippen molar-refractivity contribution in [1.82, 2.24) is 4.90 Å². The van der Waals surface area contributed by atoms with Gasteiger partial charge in [0.15, 0.2) is 5.78 Å². The molecule has 1 aromatic carbocycles. The maximum atomic E-state index is 11.6. The maximum absolute atomic E-state index is 11.6. The number of hydrogen-bond acceptors (Lipinski definition) is 4. The molecule has 0 amide bonds. The maximum Gasteiger partial charge on any atom is 0.159 e. The molecule has 116 valence electrons. The zero-order valence-electron chi connectivity index (χ0n) is 13.3. The van der Waals surface area contributed by atoms with Crippen LogP contribution in [0, 0.1) is 0 Å². The van der Waals surface area contributed by atoms with E-state index in [9.17, 15) is 4.79 Å². The van der Waals surface area contributed by atoms with E-state index < -0.39 is 0 Å². The highest BCUT2D eigenvalue weighted by Gasteiger charge is 2.24. The van der Waals surface area contributed by atoms with Crippen LogP contribution in [0.1, 0.15) is 49.5 Å². The predicted octanol–water partition coefficient (Wildman–Crippen LogP) is 2.60. The molecular formula is C17H26N2O2. The summed E-state index contributed by atoms with van der Waals surface area (Å²) in [6, 6.07) is 6.49. The molecule has 2 rings (SSSR count). The lowest BCUT2D eigenvalue weighted by atomic mass is 9.98. The van der Waals surface area contributed by atoms with Gasteiger partial charge in [-0.05, 0) is 51.8 Å². The van der Waals surface area contributed by atoms with Gasteiger partial charge in [-0.1, -0.05) is 0 Å². The van der Waals surface area contributed by atoms with Crippen LogP contribution >= 0.6 is 0 Å². The summed E-state index contributed by atoms with van der Waals surface area (Å²) in [5.74, 6) is 0.970. The quantitative estimate of drug-likeness (QED) is 0.847. The van der Waals surface area contributed by atoms with E-state index in [4.69, 9.17) is 10.5 Å². The van der Waals surface area contributed by atoms with Crippen LogP contribution in [0.25, 0.3) is 0 Å². The third-order valence-corrected chi connectivity index (χ3v) is 4.19. The van der Waals surface area contributed by atoms with Gasteiger partial charge in [0.1, 0.15) is 5.75 Å². The van der Waals surface area contributed by atoms with Crippen LogP contribution in [0.15, 0.2) is 18.2 Å². The third-order valence-electron chi connectivity index (χ3n) is 4.19. The van der Waals surface area contributed by atoms with Crippen molar-refractivity contribution in [2.75, 3.05) is 13.2 Å². The van der Waals surface area contributed by atoms with Gasteiger partial charge in [-0.3, -0.25) is 9.69 Å². The zero-order chi connectivity index (χ0) is 15.4. The van der Waals surface area contributed by atoms with Crippen LogP contribution in [-0.4, -0.2) is 35.9 Å². The molecule has 21 heavy (non-hydrogen) atoms. The zero-order valence-corrected chi connectivity index (χ0v) is 13.3. The fourth-order valence-corrected chi connectivity index (χ4v) is 2.93. The van der Waals surface area contributed by atoms with Crippen molar-refractivity contribution in [2.24, 2.45) is 5.73 Å². The number of benzene rings is 1. The van der Waals surface area contributed by atoms with Crippen LogP contribution in [0.3, 0.4) is 0 Å². The summed E-state index contributed by atoms with van der Waals surface area (Å²) in [5.41, 5.74) is 7.86. The highest BCUT2D eigenvalue weighted by Crippen LogP contribution is 2.25. The minimum absolute atomic E-state index is 0.0908. The number of ketones is 1.